The Morgan fingerprint density at radius 1 is 1.33 bits per heavy atom. The van der Waals surface area contributed by atoms with Gasteiger partial charge in [0, 0.05) is 11.3 Å². The first-order chi connectivity index (χ1) is 12.8. The molecule has 142 valence electrons. The highest BCUT2D eigenvalue weighted by molar-refractivity contribution is 9.10. The van der Waals surface area contributed by atoms with Crippen molar-refractivity contribution in [1.29, 1.82) is 5.26 Å². The van der Waals surface area contributed by atoms with Crippen LogP contribution in [0.25, 0.3) is 0 Å². The third-order valence-electron chi connectivity index (χ3n) is 4.22. The van der Waals surface area contributed by atoms with E-state index in [1.165, 1.54) is 0 Å². The maximum absolute atomic E-state index is 12.3. The molecule has 0 fully saturated rings. The number of ether oxygens (including phenoxy) is 1. The number of carboxylic acid groups (broad SMARTS) is 1. The van der Waals surface area contributed by atoms with Crippen molar-refractivity contribution >= 4 is 27.6 Å². The SMILES string of the molecule is CCc1cc(Br)c(OCCO)c(C(C)(Nc2ccc(C#N)cc2)C(=O)O)c1. The number of anilines is 1. The van der Waals surface area contributed by atoms with Gasteiger partial charge in [-0.15, -0.1) is 0 Å². The number of rotatable bonds is 8. The lowest BCUT2D eigenvalue weighted by molar-refractivity contribution is -0.142. The lowest BCUT2D eigenvalue weighted by Gasteiger charge is -2.30. The third-order valence-corrected chi connectivity index (χ3v) is 4.81. The van der Waals surface area contributed by atoms with E-state index in [9.17, 15) is 9.90 Å². The maximum Gasteiger partial charge on any atom is 0.333 e. The Bertz CT molecular complexity index is 862. The quantitative estimate of drug-likeness (QED) is 0.587. The fourth-order valence-electron chi connectivity index (χ4n) is 2.67. The van der Waals surface area contributed by atoms with Crippen LogP contribution < -0.4 is 10.1 Å². The summed E-state index contributed by atoms with van der Waals surface area (Å²) in [6, 6.07) is 12.3. The number of nitrogens with zero attached hydrogens (tertiary/aromatic N) is 1. The van der Waals surface area contributed by atoms with Crippen molar-refractivity contribution in [2.45, 2.75) is 25.8 Å². The Hall–Kier alpha value is -2.56. The second kappa shape index (κ2) is 8.89. The smallest absolute Gasteiger partial charge is 0.333 e. The molecule has 2 aromatic carbocycles. The zero-order valence-electron chi connectivity index (χ0n) is 15.1. The number of aliphatic hydroxyl groups is 1. The van der Waals surface area contributed by atoms with Crippen LogP contribution in [0.15, 0.2) is 40.9 Å². The highest BCUT2D eigenvalue weighted by atomic mass is 79.9. The summed E-state index contributed by atoms with van der Waals surface area (Å²) in [7, 11) is 0. The van der Waals surface area contributed by atoms with Crippen molar-refractivity contribution < 1.29 is 19.7 Å². The van der Waals surface area contributed by atoms with E-state index in [4.69, 9.17) is 15.1 Å². The van der Waals surface area contributed by atoms with Crippen molar-refractivity contribution in [3.05, 3.63) is 57.6 Å². The third kappa shape index (κ3) is 4.59. The molecule has 0 heterocycles. The number of aryl methyl sites for hydroxylation is 1. The zero-order valence-corrected chi connectivity index (χ0v) is 16.7. The fourth-order valence-corrected chi connectivity index (χ4v) is 3.29. The minimum atomic E-state index is -1.49. The molecular formula is C20H21BrN2O4. The lowest BCUT2D eigenvalue weighted by atomic mass is 9.89. The number of hydrogen-bond donors (Lipinski definition) is 3. The Balaban J connectivity index is 2.57. The largest absolute Gasteiger partial charge is 0.490 e. The molecule has 2 rings (SSSR count). The molecule has 6 nitrogen and oxygen atoms in total. The number of benzene rings is 2. The summed E-state index contributed by atoms with van der Waals surface area (Å²) in [6.45, 7) is 3.39. The Labute approximate surface area is 166 Å². The van der Waals surface area contributed by atoms with Crippen LogP contribution in [0.3, 0.4) is 0 Å². The predicted molar refractivity (Wildman–Crippen MR) is 106 cm³/mol. The molecule has 1 atom stereocenters. The summed E-state index contributed by atoms with van der Waals surface area (Å²) in [5.41, 5.74) is 0.943. The standard InChI is InChI=1S/C20H21BrN2O4/c1-3-13-10-16(18(17(21)11-13)27-9-8-24)20(2,19(25)26)23-15-6-4-14(12-22)5-7-15/h4-7,10-11,23-24H,3,8-9H2,1-2H3,(H,25,26). The highest BCUT2D eigenvalue weighted by Gasteiger charge is 2.39. The summed E-state index contributed by atoms with van der Waals surface area (Å²) in [5.74, 6) is -0.715. The molecule has 7 heteroatoms. The monoisotopic (exact) mass is 432 g/mol. The van der Waals surface area contributed by atoms with Crippen LogP contribution in [0, 0.1) is 11.3 Å². The predicted octanol–water partition coefficient (Wildman–Crippen LogP) is 3.67. The van der Waals surface area contributed by atoms with Gasteiger partial charge in [-0.3, -0.25) is 0 Å². The summed E-state index contributed by atoms with van der Waals surface area (Å²) in [6.07, 6.45) is 0.721. The van der Waals surface area contributed by atoms with Crippen molar-refractivity contribution in [3.63, 3.8) is 0 Å². The lowest BCUT2D eigenvalue weighted by Crippen LogP contribution is -2.41. The first-order valence-corrected chi connectivity index (χ1v) is 9.23. The molecule has 0 bridgehead atoms. The topological polar surface area (TPSA) is 103 Å². The Kier molecular flexibility index (Phi) is 6.83. The summed E-state index contributed by atoms with van der Waals surface area (Å²) in [4.78, 5) is 12.3. The first-order valence-electron chi connectivity index (χ1n) is 8.44. The van der Waals surface area contributed by atoms with Gasteiger partial charge in [-0.2, -0.15) is 5.26 Å². The molecule has 0 saturated carbocycles. The molecule has 0 aromatic heterocycles. The van der Waals surface area contributed by atoms with E-state index >= 15 is 0 Å². The van der Waals surface area contributed by atoms with Crippen LogP contribution in [0.1, 0.15) is 30.5 Å². The van der Waals surface area contributed by atoms with Crippen molar-refractivity contribution in [2.75, 3.05) is 18.5 Å². The second-order valence-corrected chi connectivity index (χ2v) is 6.98. The molecule has 0 amide bonds. The molecule has 0 spiro atoms. The van der Waals surface area contributed by atoms with Crippen molar-refractivity contribution in [1.82, 2.24) is 0 Å². The van der Waals surface area contributed by atoms with Crippen LogP contribution in [-0.2, 0) is 16.8 Å². The van der Waals surface area contributed by atoms with Gasteiger partial charge in [0.25, 0.3) is 0 Å². The van der Waals surface area contributed by atoms with Gasteiger partial charge in [0.05, 0.1) is 22.7 Å². The van der Waals surface area contributed by atoms with Gasteiger partial charge in [0.2, 0.25) is 0 Å². The fraction of sp³-hybridized carbons (Fsp3) is 0.300. The van der Waals surface area contributed by atoms with Gasteiger partial charge < -0.3 is 20.3 Å². The number of hydrogen-bond acceptors (Lipinski definition) is 5. The van der Waals surface area contributed by atoms with Crippen LogP contribution in [0.5, 0.6) is 5.75 Å². The molecule has 0 aliphatic heterocycles. The number of halogens is 1. The number of aliphatic carboxylic acids is 1. The second-order valence-electron chi connectivity index (χ2n) is 6.12. The Morgan fingerprint density at radius 2 is 2.00 bits per heavy atom. The minimum Gasteiger partial charge on any atom is -0.490 e. The number of carbonyl (C=O) groups is 1. The van der Waals surface area contributed by atoms with Crippen LogP contribution in [-0.4, -0.2) is 29.4 Å². The first kappa shape index (κ1) is 20.7. The van der Waals surface area contributed by atoms with Gasteiger partial charge in [-0.05, 0) is 71.2 Å². The maximum atomic E-state index is 12.3. The van der Waals surface area contributed by atoms with Gasteiger partial charge in [0.1, 0.15) is 12.4 Å². The van der Waals surface area contributed by atoms with E-state index in [1.807, 2.05) is 19.1 Å². The van der Waals surface area contributed by atoms with Crippen LogP contribution in [0.2, 0.25) is 0 Å². The van der Waals surface area contributed by atoms with E-state index in [0.717, 1.165) is 12.0 Å². The highest BCUT2D eigenvalue weighted by Crippen LogP contribution is 2.39. The van der Waals surface area contributed by atoms with Gasteiger partial charge in [-0.1, -0.05) is 6.92 Å². The van der Waals surface area contributed by atoms with Gasteiger partial charge in [0.15, 0.2) is 5.54 Å². The summed E-state index contributed by atoms with van der Waals surface area (Å²) < 4.78 is 6.27. The number of carboxylic acids is 1. The van der Waals surface area contributed by atoms with E-state index < -0.39 is 11.5 Å². The molecule has 27 heavy (non-hydrogen) atoms. The van der Waals surface area contributed by atoms with E-state index in [1.54, 1.807) is 37.3 Å². The zero-order chi connectivity index (χ0) is 20.0. The summed E-state index contributed by atoms with van der Waals surface area (Å²) in [5, 5.41) is 31.1. The molecule has 0 aliphatic rings. The minimum absolute atomic E-state index is 0.0453. The van der Waals surface area contributed by atoms with E-state index in [2.05, 4.69) is 21.2 Å². The van der Waals surface area contributed by atoms with Crippen molar-refractivity contribution in [2.24, 2.45) is 0 Å². The average molecular weight is 433 g/mol. The average Bonchev–Trinajstić information content (AvgIpc) is 2.66. The van der Waals surface area contributed by atoms with Gasteiger partial charge in [-0.25, -0.2) is 4.79 Å². The molecule has 0 saturated heterocycles. The van der Waals surface area contributed by atoms with Crippen molar-refractivity contribution in [3.8, 4) is 11.8 Å². The number of nitrogens with one attached hydrogen (secondary N) is 1. The van der Waals surface area contributed by atoms with Gasteiger partial charge >= 0.3 is 5.97 Å². The van der Waals surface area contributed by atoms with Crippen LogP contribution >= 0.6 is 15.9 Å². The molecule has 0 radical (unpaired) electrons. The van der Waals surface area contributed by atoms with E-state index in [-0.39, 0.29) is 13.2 Å². The van der Waals surface area contributed by atoms with E-state index in [0.29, 0.717) is 27.0 Å². The number of nitriles is 1. The molecule has 0 aliphatic carbocycles. The normalized spacial score (nSPS) is 12.7. The molecule has 2 aromatic rings. The molecule has 1 unspecified atom stereocenters. The molecule has 3 N–H and O–H groups in total. The Morgan fingerprint density at radius 3 is 2.52 bits per heavy atom. The van der Waals surface area contributed by atoms with Crippen LogP contribution in [0.4, 0.5) is 5.69 Å². The summed E-state index contributed by atoms with van der Waals surface area (Å²) >= 11 is 3.45. The number of aliphatic hydroxyl groups excluding tert-OH is 1. The molecular weight excluding hydrogens is 412 g/mol.